The van der Waals surface area contributed by atoms with E-state index >= 15 is 0 Å². The minimum absolute atomic E-state index is 0.784. The maximum absolute atomic E-state index is 6.54. The first-order valence-electron chi connectivity index (χ1n) is 9.23. The smallest absolute Gasteiger partial charge is 0.190 e. The van der Waals surface area contributed by atoms with Crippen LogP contribution in [0.1, 0.15) is 0 Å². The van der Waals surface area contributed by atoms with Gasteiger partial charge in [0.1, 0.15) is 11.5 Å². The van der Waals surface area contributed by atoms with Crippen LogP contribution in [0.5, 0.6) is 11.5 Å². The van der Waals surface area contributed by atoms with E-state index in [-0.39, 0.29) is 0 Å². The summed E-state index contributed by atoms with van der Waals surface area (Å²) in [5.41, 5.74) is 0. The van der Waals surface area contributed by atoms with Gasteiger partial charge in [-0.05, 0) is 57.1 Å². The number of halogens is 1. The van der Waals surface area contributed by atoms with Crippen molar-refractivity contribution in [2.45, 2.75) is 9.79 Å². The summed E-state index contributed by atoms with van der Waals surface area (Å²) in [6.07, 6.45) is 0. The van der Waals surface area contributed by atoms with Crippen molar-refractivity contribution in [2.75, 3.05) is 0 Å². The van der Waals surface area contributed by atoms with Crippen LogP contribution < -0.4 is 25.5 Å². The molecule has 4 aromatic carbocycles. The van der Waals surface area contributed by atoms with Gasteiger partial charge in [-0.25, -0.2) is 0 Å². The lowest BCUT2D eigenvalue weighted by Gasteiger charge is -2.43. The van der Waals surface area contributed by atoms with Gasteiger partial charge >= 0.3 is 0 Å². The van der Waals surface area contributed by atoms with Crippen LogP contribution in [0.3, 0.4) is 0 Å². The Hall–Kier alpha value is -2.46. The van der Waals surface area contributed by atoms with Gasteiger partial charge in [-0.2, -0.15) is 0 Å². The van der Waals surface area contributed by atoms with E-state index in [2.05, 4.69) is 84.9 Å². The number of benzene rings is 4. The van der Waals surface area contributed by atoms with Gasteiger partial charge in [-0.3, -0.25) is 0 Å². The molecule has 0 aliphatic carbocycles. The molecular formula is C24H15ClOSSi. The fourth-order valence-electron chi connectivity index (χ4n) is 4.59. The van der Waals surface area contributed by atoms with E-state index in [0.717, 1.165) is 16.5 Å². The predicted molar refractivity (Wildman–Crippen MR) is 119 cm³/mol. The average Bonchev–Trinajstić information content (AvgIpc) is 2.74. The van der Waals surface area contributed by atoms with Crippen molar-refractivity contribution in [3.63, 3.8) is 0 Å². The van der Waals surface area contributed by atoms with E-state index in [1.165, 1.54) is 30.5 Å². The minimum Gasteiger partial charge on any atom is -0.458 e. The highest BCUT2D eigenvalue weighted by atomic mass is 35.5. The number of rotatable bonds is 0. The summed E-state index contributed by atoms with van der Waals surface area (Å²) < 4.78 is 6.36. The molecule has 1 nitrogen and oxygen atoms in total. The first-order valence-corrected chi connectivity index (χ1v) is 12.4. The van der Waals surface area contributed by atoms with E-state index in [0.29, 0.717) is 0 Å². The molecule has 1 spiro atoms. The van der Waals surface area contributed by atoms with Crippen LogP contribution >= 0.6 is 23.4 Å². The Labute approximate surface area is 174 Å². The minimum atomic E-state index is -2.51. The molecule has 28 heavy (non-hydrogen) atoms. The molecule has 0 unspecified atom stereocenters. The van der Waals surface area contributed by atoms with E-state index in [1.807, 2.05) is 17.8 Å². The molecular weight excluding hydrogens is 400 g/mol. The topological polar surface area (TPSA) is 9.23 Å². The van der Waals surface area contributed by atoms with Gasteiger partial charge < -0.3 is 4.74 Å². The molecule has 0 amide bonds. The summed E-state index contributed by atoms with van der Waals surface area (Å²) in [6.45, 7) is 0. The second-order valence-corrected chi connectivity index (χ2v) is 12.3. The maximum atomic E-state index is 6.54. The first-order chi connectivity index (χ1) is 13.8. The maximum Gasteiger partial charge on any atom is 0.190 e. The van der Waals surface area contributed by atoms with Crippen LogP contribution in [-0.2, 0) is 0 Å². The lowest BCUT2D eigenvalue weighted by molar-refractivity contribution is 0.487. The van der Waals surface area contributed by atoms with Crippen molar-refractivity contribution in [3.05, 3.63) is 96.0 Å². The van der Waals surface area contributed by atoms with E-state index < -0.39 is 8.07 Å². The van der Waals surface area contributed by atoms with Crippen LogP contribution in [0.2, 0.25) is 5.02 Å². The molecule has 0 saturated heterocycles. The molecule has 0 N–H and O–H groups in total. The third-order valence-electron chi connectivity index (χ3n) is 5.66. The summed E-state index contributed by atoms with van der Waals surface area (Å²) in [7, 11) is -2.51. The van der Waals surface area contributed by atoms with Crippen molar-refractivity contribution in [1.29, 1.82) is 0 Å². The second-order valence-electron chi connectivity index (χ2n) is 7.08. The van der Waals surface area contributed by atoms with Crippen LogP contribution in [0.4, 0.5) is 0 Å². The Morgan fingerprint density at radius 3 is 1.89 bits per heavy atom. The number of para-hydroxylation sites is 2. The lowest BCUT2D eigenvalue weighted by atomic mass is 10.3. The Balaban J connectivity index is 1.85. The first kappa shape index (κ1) is 16.5. The summed E-state index contributed by atoms with van der Waals surface area (Å²) in [5, 5.41) is 6.15. The van der Waals surface area contributed by atoms with Crippen LogP contribution in [-0.4, -0.2) is 8.07 Å². The zero-order chi connectivity index (χ0) is 18.7. The molecule has 0 atom stereocenters. The fraction of sp³-hybridized carbons (Fsp3) is 0. The fourth-order valence-corrected chi connectivity index (χ4v) is 12.0. The van der Waals surface area contributed by atoms with Gasteiger partial charge in [0.25, 0.3) is 0 Å². The number of fused-ring (bicyclic) bond motifs is 8. The zero-order valence-corrected chi connectivity index (χ0v) is 17.4. The quantitative estimate of drug-likeness (QED) is 0.343. The number of hydrogen-bond donors (Lipinski definition) is 0. The Kier molecular flexibility index (Phi) is 3.54. The Morgan fingerprint density at radius 1 is 0.607 bits per heavy atom. The molecule has 0 saturated carbocycles. The van der Waals surface area contributed by atoms with Gasteiger partial charge in [0.05, 0.1) is 0 Å². The molecule has 0 bridgehead atoms. The molecule has 2 heterocycles. The van der Waals surface area contributed by atoms with Crippen molar-refractivity contribution in [1.82, 2.24) is 0 Å². The molecule has 134 valence electrons. The molecule has 0 fully saturated rings. The van der Waals surface area contributed by atoms with Gasteiger partial charge in [-0.15, -0.1) is 0 Å². The number of hydrogen-bond acceptors (Lipinski definition) is 2. The van der Waals surface area contributed by atoms with Gasteiger partial charge in [-0.1, -0.05) is 78.0 Å². The van der Waals surface area contributed by atoms with E-state index in [1.54, 1.807) is 0 Å². The number of ether oxygens (including phenoxy) is 1. The van der Waals surface area contributed by atoms with Crippen LogP contribution in [0.15, 0.2) is 101 Å². The molecule has 4 aromatic rings. The van der Waals surface area contributed by atoms with E-state index in [9.17, 15) is 0 Å². The third kappa shape index (κ3) is 2.10. The Morgan fingerprint density at radius 2 is 1.18 bits per heavy atom. The highest BCUT2D eigenvalue weighted by Crippen LogP contribution is 2.38. The summed E-state index contributed by atoms with van der Waals surface area (Å²) >= 11 is 8.39. The predicted octanol–water partition coefficient (Wildman–Crippen LogP) is 4.29. The lowest BCUT2D eigenvalue weighted by Crippen LogP contribution is -2.77. The molecule has 2 aliphatic rings. The normalized spacial score (nSPS) is 15.0. The highest BCUT2D eigenvalue weighted by molar-refractivity contribution is 8.00. The van der Waals surface area contributed by atoms with Gasteiger partial charge in [0.2, 0.25) is 0 Å². The largest absolute Gasteiger partial charge is 0.458 e. The Bertz CT molecular complexity index is 1150. The average molecular weight is 415 g/mol. The van der Waals surface area contributed by atoms with Gasteiger partial charge in [0, 0.05) is 14.8 Å². The SMILES string of the molecule is Clc1ccc2c(c1)[Si]1(c3ccccc3Oc3ccccc31)c1ccccc1S2. The summed E-state index contributed by atoms with van der Waals surface area (Å²) in [6, 6.07) is 32.2. The van der Waals surface area contributed by atoms with Crippen molar-refractivity contribution >= 4 is 52.2 Å². The zero-order valence-electron chi connectivity index (χ0n) is 14.9. The highest BCUT2D eigenvalue weighted by Gasteiger charge is 2.51. The second kappa shape index (κ2) is 6.02. The summed E-state index contributed by atoms with van der Waals surface area (Å²) in [5.74, 6) is 1.92. The van der Waals surface area contributed by atoms with Crippen LogP contribution in [0.25, 0.3) is 0 Å². The molecule has 4 heteroatoms. The standard InChI is InChI=1S/C24H15ClOSSi/c25-16-13-14-20-24(15-16)28(23-12-6-3-9-19(23)27-20)21-10-4-1-7-17(21)26-18-8-2-5-11-22(18)28/h1-15H. The molecule has 6 rings (SSSR count). The summed E-state index contributed by atoms with van der Waals surface area (Å²) in [4.78, 5) is 2.62. The van der Waals surface area contributed by atoms with Crippen molar-refractivity contribution < 1.29 is 4.74 Å². The third-order valence-corrected chi connectivity index (χ3v) is 12.3. The van der Waals surface area contributed by atoms with Gasteiger partial charge in [0.15, 0.2) is 8.07 Å². The molecule has 0 radical (unpaired) electrons. The monoisotopic (exact) mass is 414 g/mol. The van der Waals surface area contributed by atoms with Crippen LogP contribution in [0, 0.1) is 0 Å². The van der Waals surface area contributed by atoms with Crippen molar-refractivity contribution in [3.8, 4) is 11.5 Å². The van der Waals surface area contributed by atoms with Crippen molar-refractivity contribution in [2.24, 2.45) is 0 Å². The molecule has 0 aromatic heterocycles. The van der Waals surface area contributed by atoms with E-state index in [4.69, 9.17) is 16.3 Å². The molecule has 2 aliphatic heterocycles.